The Hall–Kier alpha value is -3.85. The van der Waals surface area contributed by atoms with Crippen molar-refractivity contribution in [2.75, 3.05) is 0 Å². The number of carbonyl (C=O) groups excluding carboxylic acids is 1. The van der Waals surface area contributed by atoms with E-state index in [0.717, 1.165) is 88.2 Å². The Morgan fingerprint density at radius 3 is 1.11 bits per heavy atom. The first-order valence-electron chi connectivity index (χ1n) is 21.9. The van der Waals surface area contributed by atoms with Gasteiger partial charge < -0.3 is 9.47 Å². The number of carbonyl (C=O) groups is 1. The summed E-state index contributed by atoms with van der Waals surface area (Å²) in [4.78, 5) is 13.5. The molecular weight excluding hydrogens is 661 g/mol. The van der Waals surface area contributed by atoms with Crippen molar-refractivity contribution >= 4 is 6.16 Å². The molecule has 0 saturated carbocycles. The maximum Gasteiger partial charge on any atom is 0.519 e. The van der Waals surface area contributed by atoms with Crippen molar-refractivity contribution < 1.29 is 14.3 Å². The molecule has 0 radical (unpaired) electrons. The minimum Gasteiger partial charge on any atom is -0.394 e. The van der Waals surface area contributed by atoms with Crippen LogP contribution in [-0.2, 0) is 38.5 Å². The molecule has 0 bridgehead atoms. The normalized spacial score (nSPS) is 11.1. The average molecular weight is 731 g/mol. The Labute approximate surface area is 329 Å². The van der Waals surface area contributed by atoms with Crippen molar-refractivity contribution in [3.05, 3.63) is 130 Å². The smallest absolute Gasteiger partial charge is 0.394 e. The third-order valence-electron chi connectivity index (χ3n) is 10.8. The molecule has 4 rings (SSSR count). The summed E-state index contributed by atoms with van der Waals surface area (Å²) in [7, 11) is 0. The fourth-order valence-electron chi connectivity index (χ4n) is 7.52. The van der Waals surface area contributed by atoms with Crippen molar-refractivity contribution in [2.24, 2.45) is 0 Å². The van der Waals surface area contributed by atoms with Gasteiger partial charge in [-0.25, -0.2) is 4.79 Å². The van der Waals surface area contributed by atoms with Crippen LogP contribution in [-0.4, -0.2) is 6.16 Å². The standard InChI is InChI=1S/C51H70O3/c1-3-5-7-9-11-17-33-45-37-39-49(47(41-45)35-25-15-23-31-43-27-19-13-20-28-43)53-51(52)54-50-40-38-46(34-18-12-10-8-6-4-2)42-48(50)36-26-16-24-32-44-29-21-14-22-30-44/h13-14,19-22,27-30,37-42H,3-12,15-18,23-26,31-36H2,1-2H3. The van der Waals surface area contributed by atoms with E-state index in [4.69, 9.17) is 9.47 Å². The minimum absolute atomic E-state index is 0.636. The summed E-state index contributed by atoms with van der Waals surface area (Å²) in [6, 6.07) is 34.3. The predicted octanol–water partition coefficient (Wildman–Crippen LogP) is 15.0. The van der Waals surface area contributed by atoms with Gasteiger partial charge in [0.25, 0.3) is 0 Å². The summed E-state index contributed by atoms with van der Waals surface area (Å²) in [5, 5.41) is 0. The summed E-state index contributed by atoms with van der Waals surface area (Å²) in [5.74, 6) is 1.27. The van der Waals surface area contributed by atoms with E-state index in [1.165, 1.54) is 99.3 Å². The molecule has 0 aromatic heterocycles. The van der Waals surface area contributed by atoms with Gasteiger partial charge in [0.05, 0.1) is 0 Å². The van der Waals surface area contributed by atoms with E-state index in [2.05, 4.69) is 98.8 Å². The van der Waals surface area contributed by atoms with Crippen molar-refractivity contribution in [3.63, 3.8) is 0 Å². The molecule has 3 nitrogen and oxygen atoms in total. The fourth-order valence-corrected chi connectivity index (χ4v) is 7.52. The second kappa shape index (κ2) is 26.8. The third-order valence-corrected chi connectivity index (χ3v) is 10.8. The number of benzene rings is 4. The van der Waals surface area contributed by atoms with Gasteiger partial charge in [-0.2, -0.15) is 0 Å². The summed E-state index contributed by atoms with van der Waals surface area (Å²) in [6.45, 7) is 4.54. The van der Waals surface area contributed by atoms with Crippen molar-refractivity contribution in [3.8, 4) is 11.5 Å². The molecule has 0 N–H and O–H groups in total. The van der Waals surface area contributed by atoms with Gasteiger partial charge in [-0.3, -0.25) is 0 Å². The van der Waals surface area contributed by atoms with E-state index in [1.807, 2.05) is 12.1 Å². The van der Waals surface area contributed by atoms with Crippen LogP contribution in [0.4, 0.5) is 4.79 Å². The Morgan fingerprint density at radius 2 is 0.704 bits per heavy atom. The van der Waals surface area contributed by atoms with Gasteiger partial charge in [0, 0.05) is 0 Å². The zero-order valence-corrected chi connectivity index (χ0v) is 33.9. The van der Waals surface area contributed by atoms with Gasteiger partial charge in [0.1, 0.15) is 11.5 Å². The van der Waals surface area contributed by atoms with Gasteiger partial charge in [-0.05, 0) is 123 Å². The molecule has 0 saturated heterocycles. The van der Waals surface area contributed by atoms with Crippen LogP contribution < -0.4 is 9.47 Å². The van der Waals surface area contributed by atoms with Gasteiger partial charge >= 0.3 is 6.16 Å². The lowest BCUT2D eigenvalue weighted by molar-refractivity contribution is 0.151. The molecule has 0 amide bonds. The SMILES string of the molecule is CCCCCCCCc1ccc(OC(=O)Oc2ccc(CCCCCCCC)cc2CCCCCc2ccccc2)c(CCCCCc2ccccc2)c1. The Balaban J connectivity index is 1.37. The molecule has 0 aliphatic heterocycles. The fraction of sp³-hybridized carbons (Fsp3) is 0.510. The summed E-state index contributed by atoms with van der Waals surface area (Å²) >= 11 is 0. The second-order valence-electron chi connectivity index (χ2n) is 15.5. The molecule has 0 spiro atoms. The molecule has 4 aromatic carbocycles. The molecule has 0 unspecified atom stereocenters. The third kappa shape index (κ3) is 17.5. The molecule has 3 heteroatoms. The molecule has 292 valence electrons. The van der Waals surface area contributed by atoms with Crippen LogP contribution in [0.5, 0.6) is 11.5 Å². The number of ether oxygens (including phenoxy) is 2. The highest BCUT2D eigenvalue weighted by atomic mass is 16.7. The molecule has 54 heavy (non-hydrogen) atoms. The predicted molar refractivity (Wildman–Crippen MR) is 229 cm³/mol. The van der Waals surface area contributed by atoms with Crippen LogP contribution in [0, 0.1) is 0 Å². The average Bonchev–Trinajstić information content (AvgIpc) is 3.19. The van der Waals surface area contributed by atoms with E-state index in [1.54, 1.807) is 0 Å². The highest BCUT2D eigenvalue weighted by Gasteiger charge is 2.16. The Kier molecular flexibility index (Phi) is 21.3. The highest BCUT2D eigenvalue weighted by molar-refractivity contribution is 5.68. The van der Waals surface area contributed by atoms with Crippen LogP contribution >= 0.6 is 0 Å². The van der Waals surface area contributed by atoms with Crippen LogP contribution in [0.1, 0.15) is 163 Å². The molecule has 4 aromatic rings. The van der Waals surface area contributed by atoms with Crippen LogP contribution in [0.25, 0.3) is 0 Å². The first-order chi connectivity index (χ1) is 26.6. The molecular formula is C51H70O3. The quantitative estimate of drug-likeness (QED) is 0.0332. The lowest BCUT2D eigenvalue weighted by Crippen LogP contribution is -2.16. The number of aryl methyl sites for hydroxylation is 6. The van der Waals surface area contributed by atoms with E-state index in [0.29, 0.717) is 11.5 Å². The largest absolute Gasteiger partial charge is 0.519 e. The van der Waals surface area contributed by atoms with E-state index < -0.39 is 6.16 Å². The second-order valence-corrected chi connectivity index (χ2v) is 15.5. The number of rotatable bonds is 28. The van der Waals surface area contributed by atoms with Crippen LogP contribution in [0.15, 0.2) is 97.1 Å². The van der Waals surface area contributed by atoms with Gasteiger partial charge in [0.2, 0.25) is 0 Å². The summed E-state index contributed by atoms with van der Waals surface area (Å²) in [5.41, 5.74) is 7.69. The van der Waals surface area contributed by atoms with Crippen LogP contribution in [0.2, 0.25) is 0 Å². The molecule has 0 fully saturated rings. The zero-order chi connectivity index (χ0) is 37.9. The molecule has 0 aliphatic carbocycles. The highest BCUT2D eigenvalue weighted by Crippen LogP contribution is 2.28. The van der Waals surface area contributed by atoms with Crippen LogP contribution in [0.3, 0.4) is 0 Å². The Morgan fingerprint density at radius 1 is 0.370 bits per heavy atom. The maximum atomic E-state index is 13.5. The summed E-state index contributed by atoms with van der Waals surface area (Å²) < 4.78 is 12.1. The number of hydrogen-bond acceptors (Lipinski definition) is 3. The molecule has 0 heterocycles. The monoisotopic (exact) mass is 731 g/mol. The van der Waals surface area contributed by atoms with E-state index in [-0.39, 0.29) is 0 Å². The first-order valence-corrected chi connectivity index (χ1v) is 21.9. The van der Waals surface area contributed by atoms with Crippen molar-refractivity contribution in [2.45, 2.75) is 168 Å². The number of unbranched alkanes of at least 4 members (excludes halogenated alkanes) is 14. The molecule has 0 atom stereocenters. The summed E-state index contributed by atoms with van der Waals surface area (Å²) in [6.07, 6.45) is 27.6. The van der Waals surface area contributed by atoms with E-state index in [9.17, 15) is 4.79 Å². The maximum absolute atomic E-state index is 13.5. The van der Waals surface area contributed by atoms with Gasteiger partial charge in [0.15, 0.2) is 0 Å². The minimum atomic E-state index is -0.641. The lowest BCUT2D eigenvalue weighted by atomic mass is 9.99. The lowest BCUT2D eigenvalue weighted by Gasteiger charge is -2.15. The topological polar surface area (TPSA) is 35.5 Å². The van der Waals surface area contributed by atoms with Crippen molar-refractivity contribution in [1.29, 1.82) is 0 Å². The van der Waals surface area contributed by atoms with Gasteiger partial charge in [-0.1, -0.05) is 176 Å². The Bertz CT molecular complexity index is 1440. The number of hydrogen-bond donors (Lipinski definition) is 0. The molecule has 0 aliphatic rings. The van der Waals surface area contributed by atoms with E-state index >= 15 is 0 Å². The van der Waals surface area contributed by atoms with Gasteiger partial charge in [-0.15, -0.1) is 0 Å². The first kappa shape index (κ1) is 42.9. The van der Waals surface area contributed by atoms with Crippen molar-refractivity contribution in [1.82, 2.24) is 0 Å². The zero-order valence-electron chi connectivity index (χ0n) is 33.9.